The number of hydrogen-bond acceptors (Lipinski definition) is 3. The van der Waals surface area contributed by atoms with Gasteiger partial charge in [-0.2, -0.15) is 0 Å². The van der Waals surface area contributed by atoms with Gasteiger partial charge in [-0.25, -0.2) is 0 Å². The second kappa shape index (κ2) is 5.12. The molecule has 0 aromatic carbocycles. The third-order valence-corrected chi connectivity index (χ3v) is 2.46. The topological polar surface area (TPSA) is 56.4 Å². The van der Waals surface area contributed by atoms with Crippen molar-refractivity contribution in [3.63, 3.8) is 0 Å². The first-order chi connectivity index (χ1) is 6.22. The molecule has 0 radical (unpaired) electrons. The van der Waals surface area contributed by atoms with Gasteiger partial charge >= 0.3 is 0 Å². The maximum atomic E-state index is 9.26. The van der Waals surface area contributed by atoms with E-state index in [2.05, 4.69) is 4.99 Å². The highest BCUT2D eigenvalue weighted by molar-refractivity contribution is 5.81. The molecule has 0 bridgehead atoms. The molecule has 13 heavy (non-hydrogen) atoms. The maximum Gasteiger partial charge on any atom is 0.0541 e. The van der Waals surface area contributed by atoms with E-state index < -0.39 is 0 Å². The average molecular weight is 182 g/mol. The second-order valence-electron chi connectivity index (χ2n) is 3.79. The number of aliphatic hydroxyl groups is 1. The molecule has 0 amide bonds. The Balaban J connectivity index is 2.29. The molecule has 2 N–H and O–H groups in total. The number of aliphatic hydroxyl groups excluding tert-OH is 1. The highest BCUT2D eigenvalue weighted by Crippen LogP contribution is 2.20. The molecular weight excluding hydrogens is 164 g/mol. The van der Waals surface area contributed by atoms with Gasteiger partial charge in [-0.1, -0.05) is 6.92 Å². The molecule has 0 aromatic heterocycles. The average Bonchev–Trinajstić information content (AvgIpc) is 2.16. The van der Waals surface area contributed by atoms with E-state index in [1.54, 1.807) is 0 Å². The summed E-state index contributed by atoms with van der Waals surface area (Å²) < 4.78 is 0. The fraction of sp³-hybridized carbons (Fsp3) is 0.800. The van der Waals surface area contributed by atoms with Crippen LogP contribution in [0.1, 0.15) is 32.6 Å². The monoisotopic (exact) mass is 182 g/mol. The van der Waals surface area contributed by atoms with Crippen molar-refractivity contribution in [1.29, 1.82) is 5.41 Å². The molecule has 1 atom stereocenters. The predicted octanol–water partition coefficient (Wildman–Crippen LogP) is 1.65. The van der Waals surface area contributed by atoms with Gasteiger partial charge in [0, 0.05) is 24.4 Å². The van der Waals surface area contributed by atoms with Crippen LogP contribution < -0.4 is 0 Å². The Kier molecular flexibility index (Phi) is 4.09. The van der Waals surface area contributed by atoms with Gasteiger partial charge in [0.1, 0.15) is 0 Å². The van der Waals surface area contributed by atoms with E-state index >= 15 is 0 Å². The van der Waals surface area contributed by atoms with Crippen LogP contribution in [0.5, 0.6) is 0 Å². The van der Waals surface area contributed by atoms with Gasteiger partial charge in [0.15, 0.2) is 0 Å². The van der Waals surface area contributed by atoms with Crippen LogP contribution in [-0.2, 0) is 0 Å². The van der Waals surface area contributed by atoms with E-state index in [-0.39, 0.29) is 12.0 Å². The Morgan fingerprint density at radius 2 is 2.00 bits per heavy atom. The molecule has 1 aliphatic carbocycles. The van der Waals surface area contributed by atoms with Gasteiger partial charge in [-0.05, 0) is 25.7 Å². The summed E-state index contributed by atoms with van der Waals surface area (Å²) in [6.07, 6.45) is 6.86. The van der Waals surface area contributed by atoms with Crippen molar-refractivity contribution in [2.75, 3.05) is 0 Å². The molecule has 3 nitrogen and oxygen atoms in total. The standard InChI is InChI=1S/C10H18N2O/c1-8(6-11)7-12-9-2-4-10(13)5-3-9/h6-11,13H,2-5H2,1H3. The minimum atomic E-state index is -0.105. The number of rotatable bonds is 3. The quantitative estimate of drug-likeness (QED) is 0.640. The summed E-state index contributed by atoms with van der Waals surface area (Å²) in [5.74, 6) is 0.145. The Hall–Kier alpha value is -0.700. The van der Waals surface area contributed by atoms with Crippen LogP contribution in [0, 0.1) is 11.3 Å². The van der Waals surface area contributed by atoms with Crippen LogP contribution >= 0.6 is 0 Å². The maximum absolute atomic E-state index is 9.26. The Bertz CT molecular complexity index is 183. The lowest BCUT2D eigenvalue weighted by Crippen LogP contribution is -2.20. The van der Waals surface area contributed by atoms with Gasteiger partial charge in [-0.3, -0.25) is 4.99 Å². The molecule has 1 unspecified atom stereocenters. The van der Waals surface area contributed by atoms with Gasteiger partial charge < -0.3 is 10.5 Å². The van der Waals surface area contributed by atoms with Crippen molar-refractivity contribution in [1.82, 2.24) is 0 Å². The van der Waals surface area contributed by atoms with E-state index in [4.69, 9.17) is 5.41 Å². The van der Waals surface area contributed by atoms with Crippen molar-refractivity contribution in [2.45, 2.75) is 44.8 Å². The van der Waals surface area contributed by atoms with Crippen molar-refractivity contribution in [2.24, 2.45) is 10.9 Å². The van der Waals surface area contributed by atoms with Gasteiger partial charge in [0.2, 0.25) is 0 Å². The molecule has 3 heteroatoms. The lowest BCUT2D eigenvalue weighted by atomic mass is 9.93. The molecule has 0 spiro atoms. The molecule has 74 valence electrons. The lowest BCUT2D eigenvalue weighted by molar-refractivity contribution is 0.123. The van der Waals surface area contributed by atoms with E-state index in [1.807, 2.05) is 13.1 Å². The van der Waals surface area contributed by atoms with E-state index in [0.717, 1.165) is 25.7 Å². The van der Waals surface area contributed by atoms with Crippen LogP contribution in [0.2, 0.25) is 0 Å². The highest BCUT2D eigenvalue weighted by atomic mass is 16.3. The molecule has 0 aliphatic heterocycles. The first kappa shape index (κ1) is 10.4. The zero-order valence-corrected chi connectivity index (χ0v) is 8.11. The Morgan fingerprint density at radius 3 is 2.54 bits per heavy atom. The number of aliphatic imine (C=N–C) groups is 1. The predicted molar refractivity (Wildman–Crippen MR) is 54.7 cm³/mol. The van der Waals surface area contributed by atoms with E-state index in [9.17, 15) is 5.11 Å². The molecule has 0 saturated heterocycles. The summed E-state index contributed by atoms with van der Waals surface area (Å²) >= 11 is 0. The van der Waals surface area contributed by atoms with Gasteiger partial charge in [-0.15, -0.1) is 0 Å². The van der Waals surface area contributed by atoms with Crippen LogP contribution in [0.3, 0.4) is 0 Å². The number of nitrogens with one attached hydrogen (secondary N) is 1. The molecule has 1 fully saturated rings. The van der Waals surface area contributed by atoms with Crippen LogP contribution in [-0.4, -0.2) is 29.7 Å². The molecule has 1 rings (SSSR count). The first-order valence-corrected chi connectivity index (χ1v) is 4.94. The van der Waals surface area contributed by atoms with Crippen molar-refractivity contribution in [3.8, 4) is 0 Å². The summed E-state index contributed by atoms with van der Waals surface area (Å²) in [6, 6.07) is 0.380. The molecule has 1 saturated carbocycles. The van der Waals surface area contributed by atoms with Crippen LogP contribution in [0.4, 0.5) is 0 Å². The normalized spacial score (nSPS) is 31.8. The second-order valence-corrected chi connectivity index (χ2v) is 3.79. The Morgan fingerprint density at radius 1 is 1.38 bits per heavy atom. The first-order valence-electron chi connectivity index (χ1n) is 4.94. The smallest absolute Gasteiger partial charge is 0.0541 e. The number of hydrogen-bond donors (Lipinski definition) is 2. The van der Waals surface area contributed by atoms with Gasteiger partial charge in [0.25, 0.3) is 0 Å². The summed E-state index contributed by atoms with van der Waals surface area (Å²) in [7, 11) is 0. The largest absolute Gasteiger partial charge is 0.393 e. The molecule has 1 aliphatic rings. The third-order valence-electron chi connectivity index (χ3n) is 2.46. The lowest BCUT2D eigenvalue weighted by Gasteiger charge is -2.22. The van der Waals surface area contributed by atoms with Crippen LogP contribution in [0.15, 0.2) is 4.99 Å². The Labute approximate surface area is 79.4 Å². The molecular formula is C10H18N2O. The molecule has 0 heterocycles. The van der Waals surface area contributed by atoms with Crippen LogP contribution in [0.25, 0.3) is 0 Å². The summed E-state index contributed by atoms with van der Waals surface area (Å²) in [4.78, 5) is 4.40. The minimum absolute atomic E-state index is 0.105. The zero-order chi connectivity index (χ0) is 9.68. The van der Waals surface area contributed by atoms with Crippen molar-refractivity contribution in [3.05, 3.63) is 0 Å². The number of nitrogens with zero attached hydrogens (tertiary/aromatic N) is 1. The SMILES string of the molecule is CC(C=N)C=NC1CCC(O)CC1. The highest BCUT2D eigenvalue weighted by Gasteiger charge is 2.17. The van der Waals surface area contributed by atoms with Crippen molar-refractivity contribution >= 4 is 12.4 Å². The fourth-order valence-electron chi connectivity index (χ4n) is 1.51. The fourth-order valence-corrected chi connectivity index (χ4v) is 1.51. The third kappa shape index (κ3) is 3.68. The van der Waals surface area contributed by atoms with Crippen molar-refractivity contribution < 1.29 is 5.11 Å². The molecule has 0 aromatic rings. The summed E-state index contributed by atoms with van der Waals surface area (Å²) in [6.45, 7) is 1.95. The van der Waals surface area contributed by atoms with E-state index in [0.29, 0.717) is 6.04 Å². The summed E-state index contributed by atoms with van der Waals surface area (Å²) in [5.41, 5.74) is 0. The zero-order valence-electron chi connectivity index (χ0n) is 8.11. The summed E-state index contributed by atoms with van der Waals surface area (Å²) in [5, 5.41) is 16.3. The van der Waals surface area contributed by atoms with E-state index in [1.165, 1.54) is 6.21 Å². The minimum Gasteiger partial charge on any atom is -0.393 e. The van der Waals surface area contributed by atoms with Gasteiger partial charge in [0.05, 0.1) is 6.10 Å².